The number of hydrogen-bond donors (Lipinski definition) is 2. The fourth-order valence-corrected chi connectivity index (χ4v) is 1.83. The molecule has 1 rings (SSSR count). The summed E-state index contributed by atoms with van der Waals surface area (Å²) >= 11 is 0. The van der Waals surface area contributed by atoms with Gasteiger partial charge in [-0.05, 0) is 37.2 Å². The number of ether oxygens (including phenoxy) is 2. The van der Waals surface area contributed by atoms with E-state index < -0.39 is 0 Å². The molecule has 4 nitrogen and oxygen atoms in total. The molecule has 0 aliphatic carbocycles. The molecule has 0 aliphatic rings. The van der Waals surface area contributed by atoms with Gasteiger partial charge in [0, 0.05) is 12.1 Å². The number of nitrogens with two attached hydrogens (primary N) is 1. The van der Waals surface area contributed by atoms with Crippen molar-refractivity contribution in [2.45, 2.75) is 19.9 Å². The summed E-state index contributed by atoms with van der Waals surface area (Å²) in [6, 6.07) is 5.82. The Morgan fingerprint density at radius 3 is 2.61 bits per heavy atom. The lowest BCUT2D eigenvalue weighted by atomic mass is 10.1. The first-order valence-corrected chi connectivity index (χ1v) is 6.36. The van der Waals surface area contributed by atoms with Crippen molar-refractivity contribution in [2.75, 3.05) is 27.3 Å². The fraction of sp³-hybridized carbons (Fsp3) is 0.571. The van der Waals surface area contributed by atoms with Crippen LogP contribution >= 0.6 is 0 Å². The summed E-state index contributed by atoms with van der Waals surface area (Å²) in [5, 5.41) is 3.41. The molecular formula is C14H24N2O2. The molecule has 4 heteroatoms. The lowest BCUT2D eigenvalue weighted by Gasteiger charge is -2.15. The van der Waals surface area contributed by atoms with Crippen LogP contribution in [0.2, 0.25) is 0 Å². The second-order valence-corrected chi connectivity index (χ2v) is 4.32. The van der Waals surface area contributed by atoms with E-state index in [1.165, 1.54) is 0 Å². The molecule has 3 N–H and O–H groups in total. The van der Waals surface area contributed by atoms with Crippen molar-refractivity contribution in [3.63, 3.8) is 0 Å². The Morgan fingerprint density at radius 2 is 2.06 bits per heavy atom. The summed E-state index contributed by atoms with van der Waals surface area (Å²) in [6.07, 6.45) is 1.10. The predicted molar refractivity (Wildman–Crippen MR) is 74.1 cm³/mol. The molecule has 0 saturated carbocycles. The molecule has 0 bridgehead atoms. The van der Waals surface area contributed by atoms with E-state index in [-0.39, 0.29) is 0 Å². The van der Waals surface area contributed by atoms with Crippen LogP contribution in [0.4, 0.5) is 0 Å². The van der Waals surface area contributed by atoms with E-state index in [0.29, 0.717) is 5.92 Å². The van der Waals surface area contributed by atoms with Gasteiger partial charge in [0.2, 0.25) is 0 Å². The third kappa shape index (κ3) is 4.20. The Hall–Kier alpha value is -1.26. The van der Waals surface area contributed by atoms with Crippen molar-refractivity contribution < 1.29 is 9.47 Å². The molecule has 0 heterocycles. The van der Waals surface area contributed by atoms with Crippen LogP contribution in [0.1, 0.15) is 18.9 Å². The Bertz CT molecular complexity index is 352. The van der Waals surface area contributed by atoms with Crippen LogP contribution in [-0.4, -0.2) is 27.3 Å². The lowest BCUT2D eigenvalue weighted by Crippen LogP contribution is -2.27. The highest BCUT2D eigenvalue weighted by atomic mass is 16.5. The van der Waals surface area contributed by atoms with Crippen molar-refractivity contribution in [1.82, 2.24) is 5.32 Å². The summed E-state index contributed by atoms with van der Waals surface area (Å²) in [6.45, 7) is 4.56. The molecule has 0 spiro atoms. The topological polar surface area (TPSA) is 56.5 Å². The van der Waals surface area contributed by atoms with Gasteiger partial charge in [0.25, 0.3) is 0 Å². The van der Waals surface area contributed by atoms with Crippen LogP contribution in [0.25, 0.3) is 0 Å². The number of rotatable bonds is 8. The van der Waals surface area contributed by atoms with Gasteiger partial charge in [-0.25, -0.2) is 0 Å². The molecule has 1 atom stereocenters. The van der Waals surface area contributed by atoms with Gasteiger partial charge < -0.3 is 20.5 Å². The average molecular weight is 252 g/mol. The van der Waals surface area contributed by atoms with E-state index in [4.69, 9.17) is 15.2 Å². The Balaban J connectivity index is 2.59. The molecule has 102 valence electrons. The summed E-state index contributed by atoms with van der Waals surface area (Å²) in [7, 11) is 3.35. The first-order valence-electron chi connectivity index (χ1n) is 6.36. The SMILES string of the molecule is CCC(CN)CNCc1cc(OC)ccc1OC. The van der Waals surface area contributed by atoms with Crippen LogP contribution < -0.4 is 20.5 Å². The maximum Gasteiger partial charge on any atom is 0.123 e. The highest BCUT2D eigenvalue weighted by molar-refractivity contribution is 5.40. The van der Waals surface area contributed by atoms with Gasteiger partial charge in [-0.2, -0.15) is 0 Å². The van der Waals surface area contributed by atoms with Gasteiger partial charge in [-0.3, -0.25) is 0 Å². The minimum Gasteiger partial charge on any atom is -0.497 e. The monoisotopic (exact) mass is 252 g/mol. The highest BCUT2D eigenvalue weighted by Gasteiger charge is 2.07. The van der Waals surface area contributed by atoms with Crippen molar-refractivity contribution in [2.24, 2.45) is 11.7 Å². The van der Waals surface area contributed by atoms with Crippen LogP contribution in [0.3, 0.4) is 0 Å². The lowest BCUT2D eigenvalue weighted by molar-refractivity contribution is 0.395. The minimum absolute atomic E-state index is 0.529. The van der Waals surface area contributed by atoms with E-state index in [9.17, 15) is 0 Å². The smallest absolute Gasteiger partial charge is 0.123 e. The molecular weight excluding hydrogens is 228 g/mol. The van der Waals surface area contributed by atoms with E-state index in [0.717, 1.165) is 43.1 Å². The van der Waals surface area contributed by atoms with Crippen molar-refractivity contribution in [1.29, 1.82) is 0 Å². The second-order valence-electron chi connectivity index (χ2n) is 4.32. The van der Waals surface area contributed by atoms with Crippen molar-refractivity contribution >= 4 is 0 Å². The molecule has 1 unspecified atom stereocenters. The standard InChI is InChI=1S/C14H24N2O2/c1-4-11(8-15)9-16-10-12-7-13(17-2)5-6-14(12)18-3/h5-7,11,16H,4,8-10,15H2,1-3H3. The van der Waals surface area contributed by atoms with E-state index in [2.05, 4.69) is 12.2 Å². The fourth-order valence-electron chi connectivity index (χ4n) is 1.83. The third-order valence-corrected chi connectivity index (χ3v) is 3.15. The number of hydrogen-bond acceptors (Lipinski definition) is 4. The molecule has 0 saturated heterocycles. The van der Waals surface area contributed by atoms with Gasteiger partial charge in [0.05, 0.1) is 14.2 Å². The van der Waals surface area contributed by atoms with Crippen LogP contribution in [0.15, 0.2) is 18.2 Å². The summed E-state index contributed by atoms with van der Waals surface area (Å²) < 4.78 is 10.6. The maximum absolute atomic E-state index is 5.68. The highest BCUT2D eigenvalue weighted by Crippen LogP contribution is 2.23. The van der Waals surface area contributed by atoms with Crippen LogP contribution in [-0.2, 0) is 6.54 Å². The Morgan fingerprint density at radius 1 is 1.28 bits per heavy atom. The zero-order valence-corrected chi connectivity index (χ0v) is 11.5. The van der Waals surface area contributed by atoms with E-state index in [1.807, 2.05) is 18.2 Å². The third-order valence-electron chi connectivity index (χ3n) is 3.15. The van der Waals surface area contributed by atoms with Gasteiger partial charge in [-0.1, -0.05) is 13.3 Å². The molecule has 0 aliphatic heterocycles. The number of benzene rings is 1. The van der Waals surface area contributed by atoms with E-state index >= 15 is 0 Å². The molecule has 18 heavy (non-hydrogen) atoms. The predicted octanol–water partition coefficient (Wildman–Crippen LogP) is 1.78. The van der Waals surface area contributed by atoms with Gasteiger partial charge >= 0.3 is 0 Å². The minimum atomic E-state index is 0.529. The number of nitrogens with one attached hydrogen (secondary N) is 1. The molecule has 0 fully saturated rings. The normalized spacial score (nSPS) is 12.2. The van der Waals surface area contributed by atoms with Crippen LogP contribution in [0.5, 0.6) is 11.5 Å². The largest absolute Gasteiger partial charge is 0.497 e. The van der Waals surface area contributed by atoms with Crippen LogP contribution in [0, 0.1) is 5.92 Å². The summed E-state index contributed by atoms with van der Waals surface area (Å²) in [4.78, 5) is 0. The molecule has 0 radical (unpaired) electrons. The van der Waals surface area contributed by atoms with Gasteiger partial charge in [-0.15, -0.1) is 0 Å². The Kier molecular flexibility index (Phi) is 6.54. The first kappa shape index (κ1) is 14.8. The molecule has 1 aromatic rings. The molecule has 1 aromatic carbocycles. The van der Waals surface area contributed by atoms with Gasteiger partial charge in [0.15, 0.2) is 0 Å². The Labute approximate surface area is 109 Å². The van der Waals surface area contributed by atoms with Gasteiger partial charge in [0.1, 0.15) is 11.5 Å². The summed E-state index contributed by atoms with van der Waals surface area (Å²) in [5.41, 5.74) is 6.78. The summed E-state index contributed by atoms with van der Waals surface area (Å²) in [5.74, 6) is 2.25. The van der Waals surface area contributed by atoms with Crippen molar-refractivity contribution in [3.05, 3.63) is 23.8 Å². The number of methoxy groups -OCH3 is 2. The zero-order valence-electron chi connectivity index (χ0n) is 11.5. The quantitative estimate of drug-likeness (QED) is 0.740. The van der Waals surface area contributed by atoms with Crippen molar-refractivity contribution in [3.8, 4) is 11.5 Å². The van der Waals surface area contributed by atoms with E-state index in [1.54, 1.807) is 14.2 Å². The second kappa shape index (κ2) is 7.95. The first-order chi connectivity index (χ1) is 8.74. The molecule has 0 amide bonds. The average Bonchev–Trinajstić information content (AvgIpc) is 2.43. The maximum atomic E-state index is 5.68. The molecule has 0 aromatic heterocycles. The zero-order chi connectivity index (χ0) is 13.4.